The smallest absolute Gasteiger partial charge is 0.0612 e. The van der Waals surface area contributed by atoms with Crippen molar-refractivity contribution in [3.05, 3.63) is 0 Å². The monoisotopic (exact) mass is 186 g/mol. The van der Waals surface area contributed by atoms with E-state index in [9.17, 15) is 5.11 Å². The fourth-order valence-corrected chi connectivity index (χ4v) is 4.19. The average molecular weight is 186 g/mol. The summed E-state index contributed by atoms with van der Waals surface area (Å²) in [4.78, 5) is 0. The number of aliphatic hydroxyl groups is 1. The molecule has 2 aliphatic carbocycles. The van der Waals surface area contributed by atoms with Crippen molar-refractivity contribution in [3.8, 4) is 0 Å². The molecule has 70 valence electrons. The van der Waals surface area contributed by atoms with Crippen LogP contribution < -0.4 is 0 Å². The maximum Gasteiger partial charge on any atom is 0.0612 e. The van der Waals surface area contributed by atoms with Crippen LogP contribution in [0.5, 0.6) is 0 Å². The third-order valence-corrected chi connectivity index (χ3v) is 5.23. The second-order valence-electron chi connectivity index (χ2n) is 5.02. The topological polar surface area (TPSA) is 20.2 Å². The minimum absolute atomic E-state index is 0.0938. The Morgan fingerprint density at radius 1 is 1.50 bits per heavy atom. The van der Waals surface area contributed by atoms with Gasteiger partial charge in [0.25, 0.3) is 0 Å². The Kier molecular flexibility index (Phi) is 1.79. The number of thiol groups is 1. The van der Waals surface area contributed by atoms with Gasteiger partial charge in [-0.2, -0.15) is 12.6 Å². The minimum atomic E-state index is -0.0938. The zero-order valence-electron chi connectivity index (χ0n) is 7.88. The first-order valence-electron chi connectivity index (χ1n) is 4.83. The molecule has 2 unspecified atom stereocenters. The molecule has 2 heteroatoms. The molecule has 0 saturated heterocycles. The lowest BCUT2D eigenvalue weighted by Gasteiger charge is -2.39. The highest BCUT2D eigenvalue weighted by Crippen LogP contribution is 2.65. The van der Waals surface area contributed by atoms with Crippen molar-refractivity contribution < 1.29 is 5.11 Å². The SMILES string of the molecule is CC1(C)C2CC[C@@]1(CS)C(O)C2. The second kappa shape index (κ2) is 2.42. The lowest BCUT2D eigenvalue weighted by Crippen LogP contribution is -2.40. The molecule has 0 radical (unpaired) electrons. The maximum atomic E-state index is 9.96. The largest absolute Gasteiger partial charge is 0.392 e. The van der Waals surface area contributed by atoms with Gasteiger partial charge in [0.05, 0.1) is 6.10 Å². The first-order chi connectivity index (χ1) is 5.54. The van der Waals surface area contributed by atoms with Crippen molar-refractivity contribution in [1.29, 1.82) is 0 Å². The molecular weight excluding hydrogens is 168 g/mol. The predicted molar refractivity (Wildman–Crippen MR) is 53.4 cm³/mol. The lowest BCUT2D eigenvalue weighted by atomic mass is 9.70. The molecule has 1 nitrogen and oxygen atoms in total. The van der Waals surface area contributed by atoms with Gasteiger partial charge in [-0.25, -0.2) is 0 Å². The summed E-state index contributed by atoms with van der Waals surface area (Å²) < 4.78 is 0. The Bertz CT molecular complexity index is 202. The van der Waals surface area contributed by atoms with E-state index in [-0.39, 0.29) is 11.5 Å². The molecule has 2 rings (SSSR count). The molecule has 0 aromatic carbocycles. The Hall–Kier alpha value is 0.310. The van der Waals surface area contributed by atoms with Gasteiger partial charge in [0.1, 0.15) is 0 Å². The molecule has 0 amide bonds. The van der Waals surface area contributed by atoms with Gasteiger partial charge in [-0.15, -0.1) is 0 Å². The van der Waals surface area contributed by atoms with E-state index in [2.05, 4.69) is 26.5 Å². The molecule has 0 aliphatic heterocycles. The van der Waals surface area contributed by atoms with Crippen molar-refractivity contribution in [2.75, 3.05) is 5.75 Å². The molecule has 0 aromatic rings. The van der Waals surface area contributed by atoms with E-state index in [0.29, 0.717) is 5.41 Å². The van der Waals surface area contributed by atoms with E-state index in [4.69, 9.17) is 0 Å². The van der Waals surface area contributed by atoms with Gasteiger partial charge in [-0.3, -0.25) is 0 Å². The van der Waals surface area contributed by atoms with Gasteiger partial charge in [-0.05, 0) is 36.3 Å². The van der Waals surface area contributed by atoms with Crippen molar-refractivity contribution in [2.45, 2.75) is 39.2 Å². The second-order valence-corrected chi connectivity index (χ2v) is 5.34. The van der Waals surface area contributed by atoms with Crippen LogP contribution in [-0.2, 0) is 0 Å². The molecule has 0 spiro atoms. The van der Waals surface area contributed by atoms with Crippen LogP contribution in [0.25, 0.3) is 0 Å². The maximum absolute atomic E-state index is 9.96. The molecule has 12 heavy (non-hydrogen) atoms. The van der Waals surface area contributed by atoms with E-state index in [1.165, 1.54) is 12.8 Å². The van der Waals surface area contributed by atoms with Gasteiger partial charge in [0.2, 0.25) is 0 Å². The predicted octanol–water partition coefficient (Wildman–Crippen LogP) is 2.10. The zero-order chi connectivity index (χ0) is 8.98. The van der Waals surface area contributed by atoms with Gasteiger partial charge >= 0.3 is 0 Å². The standard InChI is InChI=1S/C10H18OS/c1-9(2)7-3-4-10(9,6-12)8(11)5-7/h7-8,11-12H,3-6H2,1-2H3/t7?,8?,10-/m1/s1. The number of aliphatic hydroxyl groups excluding tert-OH is 1. The molecular formula is C10H18OS. The Balaban J connectivity index is 2.39. The lowest BCUT2D eigenvalue weighted by molar-refractivity contribution is 0.0171. The first-order valence-corrected chi connectivity index (χ1v) is 5.47. The zero-order valence-corrected chi connectivity index (χ0v) is 8.77. The average Bonchev–Trinajstić information content (AvgIpc) is 2.36. The third kappa shape index (κ3) is 0.759. The summed E-state index contributed by atoms with van der Waals surface area (Å²) in [5.41, 5.74) is 0.439. The van der Waals surface area contributed by atoms with Crippen LogP contribution >= 0.6 is 12.6 Å². The number of fused-ring (bicyclic) bond motifs is 2. The molecule has 2 bridgehead atoms. The van der Waals surface area contributed by atoms with E-state index < -0.39 is 0 Å². The summed E-state index contributed by atoms with van der Waals surface area (Å²) in [6.45, 7) is 4.61. The fourth-order valence-electron chi connectivity index (χ4n) is 3.41. The molecule has 0 aromatic heterocycles. The van der Waals surface area contributed by atoms with Gasteiger partial charge < -0.3 is 5.11 Å². The highest BCUT2D eigenvalue weighted by atomic mass is 32.1. The van der Waals surface area contributed by atoms with Crippen LogP contribution in [0.2, 0.25) is 0 Å². The van der Waals surface area contributed by atoms with Gasteiger partial charge in [0, 0.05) is 5.41 Å². The fraction of sp³-hybridized carbons (Fsp3) is 1.00. The van der Waals surface area contributed by atoms with Crippen LogP contribution in [0.3, 0.4) is 0 Å². The summed E-state index contributed by atoms with van der Waals surface area (Å²) in [5, 5.41) is 9.96. The van der Waals surface area contributed by atoms with Crippen LogP contribution in [0, 0.1) is 16.7 Å². The van der Waals surface area contributed by atoms with E-state index >= 15 is 0 Å². The van der Waals surface area contributed by atoms with E-state index in [0.717, 1.165) is 18.1 Å². The van der Waals surface area contributed by atoms with Crippen LogP contribution in [0.4, 0.5) is 0 Å². The van der Waals surface area contributed by atoms with Crippen molar-refractivity contribution in [2.24, 2.45) is 16.7 Å². The molecule has 3 atom stereocenters. The van der Waals surface area contributed by atoms with Gasteiger partial charge in [0.15, 0.2) is 0 Å². The molecule has 2 aliphatic rings. The van der Waals surface area contributed by atoms with Crippen LogP contribution in [-0.4, -0.2) is 17.0 Å². The van der Waals surface area contributed by atoms with Crippen molar-refractivity contribution in [3.63, 3.8) is 0 Å². The minimum Gasteiger partial charge on any atom is -0.392 e. The summed E-state index contributed by atoms with van der Waals surface area (Å²) in [5.74, 6) is 1.58. The quantitative estimate of drug-likeness (QED) is 0.601. The molecule has 2 fully saturated rings. The van der Waals surface area contributed by atoms with Crippen molar-refractivity contribution >= 4 is 12.6 Å². The van der Waals surface area contributed by atoms with E-state index in [1.54, 1.807) is 0 Å². The number of rotatable bonds is 1. The van der Waals surface area contributed by atoms with Crippen LogP contribution in [0.1, 0.15) is 33.1 Å². The first kappa shape index (κ1) is 8.89. The molecule has 0 heterocycles. The summed E-state index contributed by atoms with van der Waals surface area (Å²) in [6.07, 6.45) is 3.39. The van der Waals surface area contributed by atoms with E-state index in [1.807, 2.05) is 0 Å². The highest BCUT2D eigenvalue weighted by molar-refractivity contribution is 7.80. The Labute approximate surface area is 80.0 Å². The highest BCUT2D eigenvalue weighted by Gasteiger charge is 2.62. The van der Waals surface area contributed by atoms with Crippen LogP contribution in [0.15, 0.2) is 0 Å². The molecule has 1 N–H and O–H groups in total. The third-order valence-electron chi connectivity index (χ3n) is 4.67. The van der Waals surface area contributed by atoms with Crippen molar-refractivity contribution in [1.82, 2.24) is 0 Å². The normalized spacial score (nSPS) is 50.0. The summed E-state index contributed by atoms with van der Waals surface area (Å²) in [6, 6.07) is 0. The number of hydrogen-bond acceptors (Lipinski definition) is 2. The summed E-state index contributed by atoms with van der Waals surface area (Å²) >= 11 is 4.42. The molecule has 2 saturated carbocycles. The summed E-state index contributed by atoms with van der Waals surface area (Å²) in [7, 11) is 0. The van der Waals surface area contributed by atoms with Gasteiger partial charge in [-0.1, -0.05) is 13.8 Å². The Morgan fingerprint density at radius 3 is 2.42 bits per heavy atom. The Morgan fingerprint density at radius 2 is 2.17 bits per heavy atom. The number of hydrogen-bond donors (Lipinski definition) is 2.